The summed E-state index contributed by atoms with van der Waals surface area (Å²) < 4.78 is 33.4. The summed E-state index contributed by atoms with van der Waals surface area (Å²) in [6, 6.07) is 16.7. The minimum Gasteiger partial charge on any atom is -0.459 e. The average Bonchev–Trinajstić information content (AvgIpc) is 2.75. The highest BCUT2D eigenvalue weighted by molar-refractivity contribution is 7.89. The van der Waals surface area contributed by atoms with Gasteiger partial charge in [0.15, 0.2) is 0 Å². The lowest BCUT2D eigenvalue weighted by Crippen LogP contribution is -2.44. The fourth-order valence-corrected chi connectivity index (χ4v) is 2.98. The van der Waals surface area contributed by atoms with E-state index in [9.17, 15) is 18.0 Å². The first-order valence-corrected chi connectivity index (χ1v) is 10.4. The molecular formula is C19H23N3O6S. The number of benzene rings is 2. The molecule has 1 atom stereocenters. The zero-order chi connectivity index (χ0) is 21.1. The minimum atomic E-state index is -3.78. The molecule has 1 amide bonds. The SMILES string of the molecule is NNS(=O)(=O)CC[C@H](NC(=O)OCc1ccccc1)C(=O)OCc1ccccc1. The van der Waals surface area contributed by atoms with Crippen molar-refractivity contribution in [1.82, 2.24) is 10.1 Å². The van der Waals surface area contributed by atoms with Gasteiger partial charge in [-0.3, -0.25) is 5.84 Å². The molecule has 0 spiro atoms. The van der Waals surface area contributed by atoms with Gasteiger partial charge in [-0.2, -0.15) is 4.83 Å². The van der Waals surface area contributed by atoms with Crippen LogP contribution in [0.5, 0.6) is 0 Å². The summed E-state index contributed by atoms with van der Waals surface area (Å²) >= 11 is 0. The van der Waals surface area contributed by atoms with Gasteiger partial charge in [0, 0.05) is 0 Å². The van der Waals surface area contributed by atoms with Crippen LogP contribution in [0.15, 0.2) is 60.7 Å². The molecule has 10 heteroatoms. The third-order valence-electron chi connectivity index (χ3n) is 3.87. The Labute approximate surface area is 169 Å². The van der Waals surface area contributed by atoms with Crippen LogP contribution in [0.4, 0.5) is 4.79 Å². The summed E-state index contributed by atoms with van der Waals surface area (Å²) in [5, 5.41) is 2.35. The summed E-state index contributed by atoms with van der Waals surface area (Å²) in [7, 11) is -3.78. The second-order valence-electron chi connectivity index (χ2n) is 6.08. The van der Waals surface area contributed by atoms with Crippen LogP contribution in [-0.4, -0.2) is 32.3 Å². The molecule has 0 heterocycles. The molecule has 4 N–H and O–H groups in total. The molecule has 29 heavy (non-hydrogen) atoms. The number of sulfonamides is 1. The lowest BCUT2D eigenvalue weighted by Gasteiger charge is -2.17. The molecule has 0 aliphatic heterocycles. The highest BCUT2D eigenvalue weighted by Gasteiger charge is 2.25. The van der Waals surface area contributed by atoms with Gasteiger partial charge in [-0.25, -0.2) is 18.0 Å². The summed E-state index contributed by atoms with van der Waals surface area (Å²) in [6.45, 7) is -0.0140. The van der Waals surface area contributed by atoms with Crippen LogP contribution in [0.3, 0.4) is 0 Å². The predicted octanol–water partition coefficient (Wildman–Crippen LogP) is 1.21. The second kappa shape index (κ2) is 11.1. The fourth-order valence-electron chi connectivity index (χ4n) is 2.32. The van der Waals surface area contributed by atoms with Gasteiger partial charge in [0.05, 0.1) is 5.75 Å². The lowest BCUT2D eigenvalue weighted by molar-refractivity contribution is -0.147. The lowest BCUT2D eigenvalue weighted by atomic mass is 10.2. The number of nitrogens with two attached hydrogens (primary N) is 1. The number of amides is 1. The van der Waals surface area contributed by atoms with Crippen molar-refractivity contribution in [1.29, 1.82) is 0 Å². The largest absolute Gasteiger partial charge is 0.459 e. The van der Waals surface area contributed by atoms with Crippen molar-refractivity contribution in [2.45, 2.75) is 25.7 Å². The highest BCUT2D eigenvalue weighted by Crippen LogP contribution is 2.06. The molecule has 0 unspecified atom stereocenters. The molecule has 0 radical (unpaired) electrons. The van der Waals surface area contributed by atoms with Crippen LogP contribution in [0.2, 0.25) is 0 Å². The van der Waals surface area contributed by atoms with Crippen molar-refractivity contribution < 1.29 is 27.5 Å². The van der Waals surface area contributed by atoms with Crippen molar-refractivity contribution in [3.8, 4) is 0 Å². The summed E-state index contributed by atoms with van der Waals surface area (Å²) in [6.07, 6.45) is -1.10. The molecule has 0 saturated heterocycles. The summed E-state index contributed by atoms with van der Waals surface area (Å²) in [5.41, 5.74) is 1.52. The van der Waals surface area contributed by atoms with Gasteiger partial charge in [-0.1, -0.05) is 60.7 Å². The number of esters is 1. The van der Waals surface area contributed by atoms with Gasteiger partial charge in [-0.15, -0.1) is 0 Å². The number of carbonyl (C=O) groups excluding carboxylic acids is 2. The Hall–Kier alpha value is -2.95. The number of hydrazine groups is 1. The first kappa shape index (κ1) is 22.3. The molecule has 0 aliphatic carbocycles. The molecule has 0 saturated carbocycles. The van der Waals surface area contributed by atoms with Crippen molar-refractivity contribution >= 4 is 22.1 Å². The van der Waals surface area contributed by atoms with Crippen LogP contribution in [0.25, 0.3) is 0 Å². The maximum atomic E-state index is 12.4. The average molecular weight is 421 g/mol. The Morgan fingerprint density at radius 1 is 0.897 bits per heavy atom. The van der Waals surface area contributed by atoms with E-state index in [-0.39, 0.29) is 19.6 Å². The topological polar surface area (TPSA) is 137 Å². The number of carbonyl (C=O) groups is 2. The number of nitrogens with one attached hydrogen (secondary N) is 2. The van der Waals surface area contributed by atoms with E-state index in [0.29, 0.717) is 0 Å². The molecule has 2 aromatic rings. The van der Waals surface area contributed by atoms with E-state index >= 15 is 0 Å². The molecule has 0 aromatic heterocycles. The fraction of sp³-hybridized carbons (Fsp3) is 0.263. The van der Waals surface area contributed by atoms with E-state index in [2.05, 4.69) is 5.32 Å². The van der Waals surface area contributed by atoms with E-state index in [1.54, 1.807) is 53.4 Å². The molecular weight excluding hydrogens is 398 g/mol. The molecule has 0 aliphatic rings. The van der Waals surface area contributed by atoms with Gasteiger partial charge in [0.25, 0.3) is 0 Å². The third kappa shape index (κ3) is 8.30. The maximum absolute atomic E-state index is 12.4. The van der Waals surface area contributed by atoms with Crippen LogP contribution in [0, 0.1) is 0 Å². The Morgan fingerprint density at radius 3 is 1.93 bits per heavy atom. The van der Waals surface area contributed by atoms with Crippen molar-refractivity contribution in [2.75, 3.05) is 5.75 Å². The van der Waals surface area contributed by atoms with E-state index in [0.717, 1.165) is 11.1 Å². The van der Waals surface area contributed by atoms with E-state index in [1.807, 2.05) is 12.1 Å². The Kier molecular flexibility index (Phi) is 8.59. The zero-order valence-electron chi connectivity index (χ0n) is 15.6. The Balaban J connectivity index is 1.95. The van der Waals surface area contributed by atoms with Gasteiger partial charge in [-0.05, 0) is 17.5 Å². The van der Waals surface area contributed by atoms with Gasteiger partial charge in [0.2, 0.25) is 10.0 Å². The predicted molar refractivity (Wildman–Crippen MR) is 106 cm³/mol. The maximum Gasteiger partial charge on any atom is 0.408 e. The first-order chi connectivity index (χ1) is 13.9. The van der Waals surface area contributed by atoms with Crippen LogP contribution < -0.4 is 16.0 Å². The zero-order valence-corrected chi connectivity index (χ0v) is 16.4. The third-order valence-corrected chi connectivity index (χ3v) is 5.00. The van der Waals surface area contributed by atoms with E-state index < -0.39 is 33.9 Å². The van der Waals surface area contributed by atoms with E-state index in [1.165, 1.54) is 0 Å². The molecule has 0 bridgehead atoms. The van der Waals surface area contributed by atoms with Crippen LogP contribution in [0.1, 0.15) is 17.5 Å². The van der Waals surface area contributed by atoms with E-state index in [4.69, 9.17) is 15.3 Å². The molecule has 2 aromatic carbocycles. The number of hydrogen-bond donors (Lipinski definition) is 3. The molecule has 9 nitrogen and oxygen atoms in total. The standard InChI is InChI=1S/C19H23N3O6S/c20-22-29(25,26)12-11-17(18(23)27-13-15-7-3-1-4-8-15)21-19(24)28-14-16-9-5-2-6-10-16/h1-10,17,22H,11-14,20H2,(H,21,24)/t17-/m0/s1. The first-order valence-electron chi connectivity index (χ1n) is 8.77. The van der Waals surface area contributed by atoms with Gasteiger partial charge in [0.1, 0.15) is 19.3 Å². The quantitative estimate of drug-likeness (QED) is 0.298. The number of hydrogen-bond acceptors (Lipinski definition) is 7. The van der Waals surface area contributed by atoms with Gasteiger partial charge >= 0.3 is 12.1 Å². The number of rotatable bonds is 10. The number of ether oxygens (including phenoxy) is 2. The normalized spacial score (nSPS) is 12.0. The molecule has 0 fully saturated rings. The molecule has 2 rings (SSSR count). The van der Waals surface area contributed by atoms with Crippen molar-refractivity contribution in [3.63, 3.8) is 0 Å². The minimum absolute atomic E-state index is 0.00110. The monoisotopic (exact) mass is 421 g/mol. The summed E-state index contributed by atoms with van der Waals surface area (Å²) in [5.74, 6) is 3.69. The van der Waals surface area contributed by atoms with Crippen LogP contribution >= 0.6 is 0 Å². The van der Waals surface area contributed by atoms with Gasteiger partial charge < -0.3 is 14.8 Å². The smallest absolute Gasteiger partial charge is 0.408 e. The highest BCUT2D eigenvalue weighted by atomic mass is 32.2. The van der Waals surface area contributed by atoms with Crippen LogP contribution in [-0.2, 0) is 37.5 Å². The Morgan fingerprint density at radius 2 is 1.41 bits per heavy atom. The summed E-state index contributed by atoms with van der Waals surface area (Å²) in [4.78, 5) is 26.1. The second-order valence-corrected chi connectivity index (χ2v) is 7.95. The van der Waals surface area contributed by atoms with Crippen molar-refractivity contribution in [2.24, 2.45) is 5.84 Å². The molecule has 156 valence electrons. The van der Waals surface area contributed by atoms with Crippen molar-refractivity contribution in [3.05, 3.63) is 71.8 Å². The number of alkyl carbamates (subject to hydrolysis) is 1. The Bertz CT molecular complexity index is 891.